The fraction of sp³-hybridized carbons (Fsp3) is 0.615. The average molecular weight is 264 g/mol. The highest BCUT2D eigenvalue weighted by molar-refractivity contribution is 5.68. The molecule has 2 heterocycles. The van der Waals surface area contributed by atoms with Gasteiger partial charge in [-0.2, -0.15) is 0 Å². The number of ether oxygens (including phenoxy) is 1. The molecule has 1 aliphatic heterocycles. The van der Waals surface area contributed by atoms with Crippen molar-refractivity contribution in [3.8, 4) is 0 Å². The van der Waals surface area contributed by atoms with E-state index < -0.39 is 5.60 Å². The summed E-state index contributed by atoms with van der Waals surface area (Å²) in [5.74, 6) is 0.844. The Morgan fingerprint density at radius 2 is 2.26 bits per heavy atom. The van der Waals surface area contributed by atoms with Gasteiger partial charge >= 0.3 is 6.09 Å². The highest BCUT2D eigenvalue weighted by atomic mass is 16.6. The summed E-state index contributed by atoms with van der Waals surface area (Å²) >= 11 is 0. The van der Waals surface area contributed by atoms with Crippen LogP contribution in [0.5, 0.6) is 0 Å². The van der Waals surface area contributed by atoms with Gasteiger partial charge in [-0.1, -0.05) is 0 Å². The molecule has 0 bridgehead atoms. The van der Waals surface area contributed by atoms with Crippen molar-refractivity contribution in [3.63, 3.8) is 0 Å². The summed E-state index contributed by atoms with van der Waals surface area (Å²) in [4.78, 5) is 22.1. The van der Waals surface area contributed by atoms with Crippen molar-refractivity contribution in [3.05, 3.63) is 18.6 Å². The second-order valence-corrected chi connectivity index (χ2v) is 5.64. The molecule has 1 N–H and O–H groups in total. The van der Waals surface area contributed by atoms with Gasteiger partial charge in [-0.05, 0) is 27.2 Å². The summed E-state index contributed by atoms with van der Waals surface area (Å²) in [5, 5.41) is 2.88. The minimum absolute atomic E-state index is 0.0943. The molecule has 19 heavy (non-hydrogen) atoms. The molecule has 1 aliphatic rings. The maximum atomic E-state index is 11.7. The molecule has 104 valence electrons. The molecule has 0 spiro atoms. The van der Waals surface area contributed by atoms with E-state index in [0.29, 0.717) is 0 Å². The number of carbonyl (C=O) groups excluding carboxylic acids is 1. The molecular formula is C13H20N4O2. The van der Waals surface area contributed by atoms with Crippen LogP contribution in [0.15, 0.2) is 18.6 Å². The molecule has 0 saturated carbocycles. The van der Waals surface area contributed by atoms with Crippen LogP contribution in [0.1, 0.15) is 27.2 Å². The molecule has 0 aliphatic carbocycles. The Balaban J connectivity index is 1.84. The molecule has 1 fully saturated rings. The molecule has 1 aromatic rings. The van der Waals surface area contributed by atoms with E-state index in [9.17, 15) is 4.79 Å². The number of nitrogens with zero attached hydrogens (tertiary/aromatic N) is 3. The van der Waals surface area contributed by atoms with E-state index in [1.807, 2.05) is 20.8 Å². The van der Waals surface area contributed by atoms with Crippen LogP contribution >= 0.6 is 0 Å². The maximum Gasteiger partial charge on any atom is 0.407 e. The topological polar surface area (TPSA) is 67.3 Å². The van der Waals surface area contributed by atoms with Gasteiger partial charge in [0, 0.05) is 25.5 Å². The number of nitrogens with one attached hydrogen (secondary N) is 1. The molecule has 2 rings (SSSR count). The largest absolute Gasteiger partial charge is 0.444 e. The van der Waals surface area contributed by atoms with E-state index in [1.54, 1.807) is 18.6 Å². The van der Waals surface area contributed by atoms with E-state index in [-0.39, 0.29) is 12.1 Å². The van der Waals surface area contributed by atoms with Gasteiger partial charge in [0.2, 0.25) is 0 Å². The van der Waals surface area contributed by atoms with E-state index in [4.69, 9.17) is 4.74 Å². The molecule has 0 unspecified atom stereocenters. The molecule has 1 saturated heterocycles. The quantitative estimate of drug-likeness (QED) is 0.878. The Hall–Kier alpha value is -1.85. The van der Waals surface area contributed by atoms with Gasteiger partial charge in [0.15, 0.2) is 0 Å². The van der Waals surface area contributed by atoms with Crippen molar-refractivity contribution >= 4 is 11.9 Å². The summed E-state index contributed by atoms with van der Waals surface area (Å²) in [6.07, 6.45) is 5.57. The number of rotatable bonds is 2. The number of amides is 1. The molecule has 1 amide bonds. The Labute approximate surface area is 113 Å². The lowest BCUT2D eigenvalue weighted by Gasteiger charge is -2.22. The van der Waals surface area contributed by atoms with Crippen LogP contribution in [-0.2, 0) is 4.74 Å². The zero-order valence-corrected chi connectivity index (χ0v) is 11.6. The number of anilines is 1. The second kappa shape index (κ2) is 5.42. The van der Waals surface area contributed by atoms with Gasteiger partial charge in [-0.15, -0.1) is 0 Å². The van der Waals surface area contributed by atoms with Crippen LogP contribution in [-0.4, -0.2) is 40.8 Å². The van der Waals surface area contributed by atoms with Gasteiger partial charge in [-0.3, -0.25) is 4.98 Å². The predicted octanol–water partition coefficient (Wildman–Crippen LogP) is 1.58. The van der Waals surface area contributed by atoms with Crippen molar-refractivity contribution in [2.75, 3.05) is 18.0 Å². The van der Waals surface area contributed by atoms with Crippen molar-refractivity contribution < 1.29 is 9.53 Å². The molecule has 1 atom stereocenters. The van der Waals surface area contributed by atoms with Crippen molar-refractivity contribution in [2.24, 2.45) is 0 Å². The fourth-order valence-corrected chi connectivity index (χ4v) is 2.01. The van der Waals surface area contributed by atoms with Crippen molar-refractivity contribution in [2.45, 2.75) is 38.8 Å². The van der Waals surface area contributed by atoms with Crippen LogP contribution < -0.4 is 10.2 Å². The van der Waals surface area contributed by atoms with E-state index >= 15 is 0 Å². The predicted molar refractivity (Wildman–Crippen MR) is 72.0 cm³/mol. The first-order valence-electron chi connectivity index (χ1n) is 6.44. The Morgan fingerprint density at radius 1 is 1.47 bits per heavy atom. The average Bonchev–Trinajstić information content (AvgIpc) is 2.76. The standard InChI is InChI=1S/C13H20N4O2/c1-13(2,3)19-12(18)16-10-4-7-17(9-10)11-8-14-5-6-15-11/h5-6,8,10H,4,7,9H2,1-3H3,(H,16,18)/t10-/m1/s1. The molecule has 6 heteroatoms. The number of carbonyl (C=O) groups is 1. The molecule has 1 aromatic heterocycles. The zero-order chi connectivity index (χ0) is 13.9. The third-order valence-electron chi connectivity index (χ3n) is 2.78. The maximum absolute atomic E-state index is 11.7. The normalized spacial score (nSPS) is 19.3. The van der Waals surface area contributed by atoms with Gasteiger partial charge in [0.05, 0.1) is 12.2 Å². The number of hydrogen-bond acceptors (Lipinski definition) is 5. The van der Waals surface area contributed by atoms with Crippen LogP contribution in [0.2, 0.25) is 0 Å². The van der Waals surface area contributed by atoms with Crippen molar-refractivity contribution in [1.82, 2.24) is 15.3 Å². The van der Waals surface area contributed by atoms with E-state index in [0.717, 1.165) is 25.3 Å². The lowest BCUT2D eigenvalue weighted by molar-refractivity contribution is 0.0509. The lowest BCUT2D eigenvalue weighted by Crippen LogP contribution is -2.40. The third kappa shape index (κ3) is 4.08. The minimum atomic E-state index is -0.465. The molecule has 0 radical (unpaired) electrons. The summed E-state index contributed by atoms with van der Waals surface area (Å²) in [7, 11) is 0. The first kappa shape index (κ1) is 13.6. The van der Waals surface area contributed by atoms with Crippen LogP contribution in [0.4, 0.5) is 10.6 Å². The first-order chi connectivity index (χ1) is 8.94. The number of hydrogen-bond donors (Lipinski definition) is 1. The summed E-state index contributed by atoms with van der Waals surface area (Å²) in [6, 6.07) is 0.0943. The highest BCUT2D eigenvalue weighted by Crippen LogP contribution is 2.17. The highest BCUT2D eigenvalue weighted by Gasteiger charge is 2.26. The molecule has 6 nitrogen and oxygen atoms in total. The molecular weight excluding hydrogens is 244 g/mol. The minimum Gasteiger partial charge on any atom is -0.444 e. The van der Waals surface area contributed by atoms with E-state index in [2.05, 4.69) is 20.2 Å². The first-order valence-corrected chi connectivity index (χ1v) is 6.44. The Bertz CT molecular complexity index is 430. The summed E-state index contributed by atoms with van der Waals surface area (Å²) in [6.45, 7) is 7.16. The van der Waals surface area contributed by atoms with Crippen LogP contribution in [0.3, 0.4) is 0 Å². The Morgan fingerprint density at radius 3 is 2.89 bits per heavy atom. The molecule has 0 aromatic carbocycles. The third-order valence-corrected chi connectivity index (χ3v) is 2.78. The number of alkyl carbamates (subject to hydrolysis) is 1. The second-order valence-electron chi connectivity index (χ2n) is 5.64. The van der Waals surface area contributed by atoms with Crippen LogP contribution in [0.25, 0.3) is 0 Å². The zero-order valence-electron chi connectivity index (χ0n) is 11.6. The fourth-order valence-electron chi connectivity index (χ4n) is 2.01. The SMILES string of the molecule is CC(C)(C)OC(=O)N[C@@H]1CCN(c2cnccn2)C1. The van der Waals surface area contributed by atoms with Crippen LogP contribution in [0, 0.1) is 0 Å². The van der Waals surface area contributed by atoms with E-state index in [1.165, 1.54) is 0 Å². The van der Waals surface area contributed by atoms with Gasteiger partial charge in [0.25, 0.3) is 0 Å². The number of aromatic nitrogens is 2. The van der Waals surface area contributed by atoms with Gasteiger partial charge in [0.1, 0.15) is 11.4 Å². The summed E-state index contributed by atoms with van der Waals surface area (Å²) < 4.78 is 5.24. The van der Waals surface area contributed by atoms with Gasteiger partial charge in [-0.25, -0.2) is 9.78 Å². The Kier molecular flexibility index (Phi) is 3.87. The smallest absolute Gasteiger partial charge is 0.407 e. The van der Waals surface area contributed by atoms with Gasteiger partial charge < -0.3 is 15.0 Å². The summed E-state index contributed by atoms with van der Waals surface area (Å²) in [5.41, 5.74) is -0.465. The van der Waals surface area contributed by atoms with Crippen molar-refractivity contribution in [1.29, 1.82) is 0 Å². The monoisotopic (exact) mass is 264 g/mol. The lowest BCUT2D eigenvalue weighted by atomic mass is 10.2.